The first-order chi connectivity index (χ1) is 8.30. The Morgan fingerprint density at radius 2 is 2.11 bits per heavy atom. The van der Waals surface area contributed by atoms with Gasteiger partial charge in [-0.3, -0.25) is 15.0 Å². The Balaban J connectivity index is 2.79. The highest BCUT2D eigenvalue weighted by molar-refractivity contribution is 5.78. The van der Waals surface area contributed by atoms with Gasteiger partial charge in [0.1, 0.15) is 5.54 Å². The molecule has 1 aliphatic rings. The third-order valence-corrected chi connectivity index (χ3v) is 4.00. The summed E-state index contributed by atoms with van der Waals surface area (Å²) in [6.07, 6.45) is 3.46. The lowest BCUT2D eigenvalue weighted by atomic mass is 9.99. The van der Waals surface area contributed by atoms with Crippen molar-refractivity contribution >= 4 is 5.97 Å². The van der Waals surface area contributed by atoms with E-state index in [9.17, 15) is 9.90 Å². The predicted octanol–water partition coefficient (Wildman–Crippen LogP) is 2.09. The van der Waals surface area contributed by atoms with E-state index < -0.39 is 11.5 Å². The molecule has 3 unspecified atom stereocenters. The molecule has 0 aromatic heterocycles. The first-order valence-corrected chi connectivity index (χ1v) is 7.07. The van der Waals surface area contributed by atoms with Crippen LogP contribution in [-0.2, 0) is 4.79 Å². The maximum absolute atomic E-state index is 11.6. The Hall–Kier alpha value is -0.610. The van der Waals surface area contributed by atoms with E-state index in [-0.39, 0.29) is 6.04 Å². The summed E-state index contributed by atoms with van der Waals surface area (Å²) < 4.78 is 0. The summed E-state index contributed by atoms with van der Waals surface area (Å²) in [4.78, 5) is 13.9. The summed E-state index contributed by atoms with van der Waals surface area (Å²) in [7, 11) is 0. The number of hydrogen-bond acceptors (Lipinski definition) is 3. The Bertz CT molecular complexity index is 294. The Morgan fingerprint density at radius 3 is 2.56 bits per heavy atom. The molecule has 0 saturated carbocycles. The van der Waals surface area contributed by atoms with Crippen LogP contribution >= 0.6 is 0 Å². The van der Waals surface area contributed by atoms with Crippen LogP contribution in [0.25, 0.3) is 0 Å². The van der Waals surface area contributed by atoms with Gasteiger partial charge < -0.3 is 5.11 Å². The van der Waals surface area contributed by atoms with Crippen LogP contribution in [0.15, 0.2) is 0 Å². The Morgan fingerprint density at radius 1 is 1.50 bits per heavy atom. The van der Waals surface area contributed by atoms with Crippen molar-refractivity contribution in [1.29, 1.82) is 0 Å². The zero-order valence-electron chi connectivity index (χ0n) is 12.4. The quantitative estimate of drug-likeness (QED) is 0.764. The Labute approximate surface area is 111 Å². The average Bonchev–Trinajstić information content (AvgIpc) is 2.58. The fourth-order valence-electron chi connectivity index (χ4n) is 3.03. The minimum atomic E-state index is -0.861. The highest BCUT2D eigenvalue weighted by atomic mass is 16.4. The number of carboxylic acid groups (broad SMARTS) is 1. The number of hydrogen-bond donors (Lipinski definition) is 2. The number of likely N-dealkylation sites (tertiary alicyclic amines) is 1. The van der Waals surface area contributed by atoms with E-state index in [1.807, 2.05) is 13.8 Å². The number of carbonyl (C=O) groups is 1. The van der Waals surface area contributed by atoms with Crippen molar-refractivity contribution in [2.24, 2.45) is 0 Å². The molecular formula is C14H28N2O2. The molecule has 0 amide bonds. The van der Waals surface area contributed by atoms with Gasteiger partial charge in [0, 0.05) is 24.7 Å². The van der Waals surface area contributed by atoms with Gasteiger partial charge in [-0.25, -0.2) is 0 Å². The Kier molecular flexibility index (Phi) is 5.17. The molecule has 1 rings (SSSR count). The van der Waals surface area contributed by atoms with Crippen LogP contribution in [0.5, 0.6) is 0 Å². The van der Waals surface area contributed by atoms with E-state index in [1.165, 1.54) is 12.8 Å². The van der Waals surface area contributed by atoms with Crippen LogP contribution < -0.4 is 5.32 Å². The van der Waals surface area contributed by atoms with Crippen LogP contribution in [0, 0.1) is 0 Å². The molecule has 106 valence electrons. The fourth-order valence-corrected chi connectivity index (χ4v) is 3.03. The highest BCUT2D eigenvalue weighted by Gasteiger charge is 2.40. The third kappa shape index (κ3) is 3.45. The molecule has 0 radical (unpaired) electrons. The van der Waals surface area contributed by atoms with Crippen molar-refractivity contribution < 1.29 is 9.90 Å². The van der Waals surface area contributed by atoms with Crippen molar-refractivity contribution in [2.75, 3.05) is 6.54 Å². The summed E-state index contributed by atoms with van der Waals surface area (Å²) in [6, 6.07) is 1.19. The van der Waals surface area contributed by atoms with E-state index in [4.69, 9.17) is 0 Å². The molecule has 18 heavy (non-hydrogen) atoms. The topological polar surface area (TPSA) is 52.6 Å². The summed E-state index contributed by atoms with van der Waals surface area (Å²) >= 11 is 0. The summed E-state index contributed by atoms with van der Waals surface area (Å²) in [5.41, 5.74) is -0.861. The van der Waals surface area contributed by atoms with Crippen LogP contribution in [0.4, 0.5) is 0 Å². The van der Waals surface area contributed by atoms with Gasteiger partial charge in [0.15, 0.2) is 0 Å². The first kappa shape index (κ1) is 15.4. The van der Waals surface area contributed by atoms with Crippen molar-refractivity contribution in [3.8, 4) is 0 Å². The normalized spacial score (nSPS) is 28.6. The van der Waals surface area contributed by atoms with Crippen LogP contribution in [0.2, 0.25) is 0 Å². The van der Waals surface area contributed by atoms with Crippen molar-refractivity contribution in [2.45, 2.75) is 77.5 Å². The smallest absolute Gasteiger partial charge is 0.324 e. The van der Waals surface area contributed by atoms with Crippen molar-refractivity contribution in [3.05, 3.63) is 0 Å². The maximum Gasteiger partial charge on any atom is 0.324 e. The van der Waals surface area contributed by atoms with Gasteiger partial charge >= 0.3 is 5.97 Å². The van der Waals surface area contributed by atoms with Gasteiger partial charge in [-0.1, -0.05) is 6.92 Å². The van der Waals surface area contributed by atoms with E-state index in [0.717, 1.165) is 6.42 Å². The molecule has 1 fully saturated rings. The standard InChI is InChI=1S/C14H28N2O2/c1-6-12-8-7-11(4)16(12)9-14(5,13(17)18)15-10(2)3/h10-12,15H,6-9H2,1-5H3,(H,17,18). The van der Waals surface area contributed by atoms with Gasteiger partial charge in [-0.2, -0.15) is 0 Å². The van der Waals surface area contributed by atoms with Crippen molar-refractivity contribution in [1.82, 2.24) is 10.2 Å². The molecule has 1 aliphatic heterocycles. The zero-order valence-corrected chi connectivity index (χ0v) is 12.4. The molecule has 3 atom stereocenters. The maximum atomic E-state index is 11.6. The summed E-state index contributed by atoms with van der Waals surface area (Å²) in [6.45, 7) is 10.8. The molecule has 4 heteroatoms. The SMILES string of the molecule is CCC1CCC(C)N1CC(C)(NC(C)C)C(=O)O. The van der Waals surface area contributed by atoms with Gasteiger partial charge in [-0.05, 0) is 47.0 Å². The van der Waals surface area contributed by atoms with Gasteiger partial charge in [0.2, 0.25) is 0 Å². The molecule has 4 nitrogen and oxygen atoms in total. The lowest BCUT2D eigenvalue weighted by Gasteiger charge is -2.37. The number of aliphatic carboxylic acids is 1. The molecule has 0 aliphatic carbocycles. The van der Waals surface area contributed by atoms with Crippen molar-refractivity contribution in [3.63, 3.8) is 0 Å². The molecule has 1 heterocycles. The summed E-state index contributed by atoms with van der Waals surface area (Å²) in [5.74, 6) is -0.759. The molecule has 0 spiro atoms. The highest BCUT2D eigenvalue weighted by Crippen LogP contribution is 2.27. The van der Waals surface area contributed by atoms with E-state index in [0.29, 0.717) is 18.6 Å². The second kappa shape index (κ2) is 6.02. The van der Waals surface area contributed by atoms with Gasteiger partial charge in [-0.15, -0.1) is 0 Å². The predicted molar refractivity (Wildman–Crippen MR) is 73.8 cm³/mol. The second-order valence-corrected chi connectivity index (χ2v) is 6.10. The van der Waals surface area contributed by atoms with Crippen LogP contribution in [0.1, 0.15) is 53.9 Å². The monoisotopic (exact) mass is 256 g/mol. The first-order valence-electron chi connectivity index (χ1n) is 7.07. The summed E-state index contributed by atoms with van der Waals surface area (Å²) in [5, 5.41) is 12.7. The lowest BCUT2D eigenvalue weighted by molar-refractivity contribution is -0.145. The third-order valence-electron chi connectivity index (χ3n) is 4.00. The van der Waals surface area contributed by atoms with E-state index in [2.05, 4.69) is 24.1 Å². The average molecular weight is 256 g/mol. The number of nitrogens with one attached hydrogen (secondary N) is 1. The number of rotatable bonds is 6. The molecule has 0 aromatic carbocycles. The van der Waals surface area contributed by atoms with Gasteiger partial charge in [0.25, 0.3) is 0 Å². The minimum Gasteiger partial charge on any atom is -0.480 e. The fraction of sp³-hybridized carbons (Fsp3) is 0.929. The number of carboxylic acids is 1. The molecule has 2 N–H and O–H groups in total. The largest absolute Gasteiger partial charge is 0.480 e. The van der Waals surface area contributed by atoms with E-state index in [1.54, 1.807) is 6.92 Å². The van der Waals surface area contributed by atoms with E-state index >= 15 is 0 Å². The molecule has 0 bridgehead atoms. The minimum absolute atomic E-state index is 0.170. The molecule has 0 aromatic rings. The van der Waals surface area contributed by atoms with Gasteiger partial charge in [0.05, 0.1) is 0 Å². The zero-order chi connectivity index (χ0) is 13.9. The second-order valence-electron chi connectivity index (χ2n) is 6.10. The van der Waals surface area contributed by atoms with Crippen LogP contribution in [0.3, 0.4) is 0 Å². The van der Waals surface area contributed by atoms with Crippen LogP contribution in [-0.4, -0.2) is 46.2 Å². The molecule has 1 saturated heterocycles. The lowest BCUT2D eigenvalue weighted by Crippen LogP contribution is -2.60. The number of nitrogens with zero attached hydrogens (tertiary/aromatic N) is 1. The molecular weight excluding hydrogens is 228 g/mol.